The van der Waals surface area contributed by atoms with Crippen LogP contribution in [0.4, 0.5) is 0 Å². The van der Waals surface area contributed by atoms with Gasteiger partial charge in [0, 0.05) is 13.1 Å². The molecule has 3 rings (SSSR count). The molecule has 2 N–H and O–H groups in total. The Hall–Kier alpha value is -2.20. The van der Waals surface area contributed by atoms with E-state index in [1.54, 1.807) is 12.1 Å². The van der Waals surface area contributed by atoms with Crippen molar-refractivity contribution in [3.8, 4) is 22.9 Å². The number of phenolic OH excluding ortho intramolecular Hbond substituents is 2. The first-order valence-electron chi connectivity index (χ1n) is 5.71. The zero-order valence-electron chi connectivity index (χ0n) is 10.1. The summed E-state index contributed by atoms with van der Waals surface area (Å²) in [5.74, 6) is 0.591. The Morgan fingerprint density at radius 2 is 1.95 bits per heavy atom. The zero-order chi connectivity index (χ0) is 13.6. The average Bonchev–Trinajstić information content (AvgIpc) is 2.68. The largest absolute Gasteiger partial charge is 0.508 e. The molecule has 0 aliphatic carbocycles. The zero-order valence-corrected chi connectivity index (χ0v) is 10.9. The minimum Gasteiger partial charge on any atom is -0.508 e. The van der Waals surface area contributed by atoms with Crippen molar-refractivity contribution >= 4 is 22.6 Å². The summed E-state index contributed by atoms with van der Waals surface area (Å²) >= 11 is 6.16. The van der Waals surface area contributed by atoms with Gasteiger partial charge in [-0.2, -0.15) is 0 Å². The van der Waals surface area contributed by atoms with E-state index in [4.69, 9.17) is 11.6 Å². The van der Waals surface area contributed by atoms with Crippen LogP contribution in [0.15, 0.2) is 36.4 Å². The lowest BCUT2D eigenvalue weighted by atomic mass is 10.2. The molecule has 0 atom stereocenters. The van der Waals surface area contributed by atoms with Crippen molar-refractivity contribution in [1.82, 2.24) is 9.55 Å². The molecule has 0 bridgehead atoms. The van der Waals surface area contributed by atoms with Crippen LogP contribution >= 0.6 is 11.6 Å². The molecule has 4 nitrogen and oxygen atoms in total. The van der Waals surface area contributed by atoms with Gasteiger partial charge in [-0.05, 0) is 24.3 Å². The summed E-state index contributed by atoms with van der Waals surface area (Å²) in [6.07, 6.45) is 0. The highest BCUT2D eigenvalue weighted by Crippen LogP contribution is 2.34. The van der Waals surface area contributed by atoms with Crippen LogP contribution in [0, 0.1) is 0 Å². The van der Waals surface area contributed by atoms with Crippen molar-refractivity contribution in [2.75, 3.05) is 0 Å². The van der Waals surface area contributed by atoms with Crippen molar-refractivity contribution < 1.29 is 10.2 Å². The average molecular weight is 275 g/mol. The van der Waals surface area contributed by atoms with Gasteiger partial charge in [-0.15, -0.1) is 0 Å². The molecule has 0 radical (unpaired) electrons. The maximum atomic E-state index is 9.92. The normalized spacial score (nSPS) is 11.1. The molecular formula is C14H11ClN2O2. The molecule has 2 aromatic carbocycles. The third-order valence-electron chi connectivity index (χ3n) is 3.07. The number of halogens is 1. The minimum absolute atomic E-state index is 0.0121. The number of nitrogens with zero attached hydrogens (tertiary/aromatic N) is 2. The highest BCUT2D eigenvalue weighted by atomic mass is 35.5. The predicted octanol–water partition coefficient (Wildman–Crippen LogP) is 3.30. The van der Waals surface area contributed by atoms with Gasteiger partial charge >= 0.3 is 0 Å². The maximum absolute atomic E-state index is 9.92. The summed E-state index contributed by atoms with van der Waals surface area (Å²) < 4.78 is 1.82. The van der Waals surface area contributed by atoms with E-state index in [0.29, 0.717) is 16.4 Å². The Bertz CT molecular complexity index is 780. The Balaban J connectivity index is 2.31. The molecule has 0 saturated carbocycles. The number of aromatic hydroxyl groups is 2. The molecule has 0 aliphatic rings. The van der Waals surface area contributed by atoms with Gasteiger partial charge < -0.3 is 14.8 Å². The highest BCUT2D eigenvalue weighted by molar-refractivity contribution is 6.35. The van der Waals surface area contributed by atoms with E-state index in [9.17, 15) is 10.2 Å². The third-order valence-corrected chi connectivity index (χ3v) is 3.37. The van der Waals surface area contributed by atoms with Crippen molar-refractivity contribution in [1.29, 1.82) is 0 Å². The van der Waals surface area contributed by atoms with Crippen molar-refractivity contribution in [2.24, 2.45) is 7.05 Å². The van der Waals surface area contributed by atoms with Gasteiger partial charge in [-0.1, -0.05) is 17.7 Å². The lowest BCUT2D eigenvalue weighted by Gasteiger charge is -2.05. The summed E-state index contributed by atoms with van der Waals surface area (Å²) in [5, 5.41) is 19.9. The van der Waals surface area contributed by atoms with Crippen LogP contribution < -0.4 is 0 Å². The first-order valence-corrected chi connectivity index (χ1v) is 6.09. The highest BCUT2D eigenvalue weighted by Gasteiger charge is 2.15. The van der Waals surface area contributed by atoms with Crippen LogP contribution in [0.3, 0.4) is 0 Å². The molecule has 0 saturated heterocycles. The molecule has 5 heteroatoms. The summed E-state index contributed by atoms with van der Waals surface area (Å²) in [6.45, 7) is 0. The van der Waals surface area contributed by atoms with Gasteiger partial charge in [0.1, 0.15) is 17.3 Å². The maximum Gasteiger partial charge on any atom is 0.144 e. The first-order chi connectivity index (χ1) is 9.08. The molecule has 0 unspecified atom stereocenters. The summed E-state index contributed by atoms with van der Waals surface area (Å²) in [6, 6.07) is 9.92. The molecule has 19 heavy (non-hydrogen) atoms. The fourth-order valence-electron chi connectivity index (χ4n) is 2.17. The molecule has 1 heterocycles. The monoisotopic (exact) mass is 274 g/mol. The number of aromatic nitrogens is 2. The lowest BCUT2D eigenvalue weighted by Crippen LogP contribution is -1.93. The Kier molecular flexibility index (Phi) is 2.61. The first kappa shape index (κ1) is 11.9. The van der Waals surface area contributed by atoms with E-state index in [2.05, 4.69) is 4.98 Å². The summed E-state index contributed by atoms with van der Waals surface area (Å²) in [7, 11) is 1.84. The predicted molar refractivity (Wildman–Crippen MR) is 74.5 cm³/mol. The molecule has 1 aromatic heterocycles. The molecule has 3 aromatic rings. The van der Waals surface area contributed by atoms with Crippen molar-refractivity contribution in [2.45, 2.75) is 0 Å². The third kappa shape index (κ3) is 1.81. The summed E-state index contributed by atoms with van der Waals surface area (Å²) in [5.41, 5.74) is 2.12. The molecule has 0 fully saturated rings. The van der Waals surface area contributed by atoms with Crippen molar-refractivity contribution in [3.05, 3.63) is 41.4 Å². The standard InChI is InChI=1S/C14H11ClN2O2/c1-17-13-10(15)3-2-4-11(13)16-14(17)9-6-5-8(18)7-12(9)19/h2-7,18-19H,1H3. The van der Waals surface area contributed by atoms with E-state index < -0.39 is 0 Å². The number of fused-ring (bicyclic) bond motifs is 1. The second-order valence-electron chi connectivity index (χ2n) is 4.30. The molecule has 0 spiro atoms. The van der Waals surface area contributed by atoms with E-state index in [-0.39, 0.29) is 11.5 Å². The number of phenols is 2. The van der Waals surface area contributed by atoms with Crippen LogP contribution in [0.2, 0.25) is 5.02 Å². The van der Waals surface area contributed by atoms with Crippen LogP contribution in [0.25, 0.3) is 22.4 Å². The van der Waals surface area contributed by atoms with Gasteiger partial charge in [-0.3, -0.25) is 0 Å². The number of hydrogen-bond donors (Lipinski definition) is 2. The SMILES string of the molecule is Cn1c(-c2ccc(O)cc2O)nc2cccc(Cl)c21. The Labute approximate surface area is 114 Å². The Morgan fingerprint density at radius 1 is 1.16 bits per heavy atom. The fourth-order valence-corrected chi connectivity index (χ4v) is 2.47. The van der Waals surface area contributed by atoms with Crippen molar-refractivity contribution in [3.63, 3.8) is 0 Å². The second kappa shape index (κ2) is 4.17. The smallest absolute Gasteiger partial charge is 0.144 e. The summed E-state index contributed by atoms with van der Waals surface area (Å²) in [4.78, 5) is 4.47. The minimum atomic E-state index is -0.0190. The molecular weight excluding hydrogens is 264 g/mol. The van der Waals surface area contributed by atoms with E-state index >= 15 is 0 Å². The van der Waals surface area contributed by atoms with E-state index in [0.717, 1.165) is 11.0 Å². The number of aryl methyl sites for hydroxylation is 1. The van der Waals surface area contributed by atoms with Crippen LogP contribution in [-0.4, -0.2) is 19.8 Å². The second-order valence-corrected chi connectivity index (χ2v) is 4.71. The van der Waals surface area contributed by atoms with Gasteiger partial charge in [-0.25, -0.2) is 4.98 Å². The van der Waals surface area contributed by atoms with E-state index in [1.165, 1.54) is 12.1 Å². The fraction of sp³-hybridized carbons (Fsp3) is 0.0714. The number of hydrogen-bond acceptors (Lipinski definition) is 3. The van der Waals surface area contributed by atoms with Gasteiger partial charge in [0.15, 0.2) is 0 Å². The number of imidazole rings is 1. The van der Waals surface area contributed by atoms with Gasteiger partial charge in [0.05, 0.1) is 21.6 Å². The number of rotatable bonds is 1. The topological polar surface area (TPSA) is 58.3 Å². The Morgan fingerprint density at radius 3 is 2.63 bits per heavy atom. The molecule has 0 amide bonds. The van der Waals surface area contributed by atoms with Crippen LogP contribution in [-0.2, 0) is 7.05 Å². The quantitative estimate of drug-likeness (QED) is 0.716. The number of para-hydroxylation sites is 1. The van der Waals surface area contributed by atoms with E-state index in [1.807, 2.05) is 23.7 Å². The molecule has 0 aliphatic heterocycles. The van der Waals surface area contributed by atoms with Gasteiger partial charge in [0.2, 0.25) is 0 Å². The molecule has 96 valence electrons. The number of benzene rings is 2. The van der Waals surface area contributed by atoms with Gasteiger partial charge in [0.25, 0.3) is 0 Å². The van der Waals surface area contributed by atoms with Crippen LogP contribution in [0.5, 0.6) is 11.5 Å². The lowest BCUT2D eigenvalue weighted by molar-refractivity contribution is 0.451. The van der Waals surface area contributed by atoms with Crippen LogP contribution in [0.1, 0.15) is 0 Å².